The van der Waals surface area contributed by atoms with E-state index in [1.165, 1.54) is 55.2 Å². The molecule has 1 unspecified atom stereocenters. The van der Waals surface area contributed by atoms with E-state index >= 15 is 0 Å². The van der Waals surface area contributed by atoms with Crippen LogP contribution in [-0.2, 0) is 0 Å². The molecule has 1 nitrogen and oxygen atoms in total. The van der Waals surface area contributed by atoms with Crippen molar-refractivity contribution in [2.24, 2.45) is 5.73 Å². The summed E-state index contributed by atoms with van der Waals surface area (Å²) in [5.74, 6) is 0. The third kappa shape index (κ3) is 3.44. The van der Waals surface area contributed by atoms with E-state index in [9.17, 15) is 0 Å². The summed E-state index contributed by atoms with van der Waals surface area (Å²) in [7, 11) is 0. The number of hydrogen-bond donors (Lipinski definition) is 1. The zero-order valence-corrected chi connectivity index (χ0v) is 10.8. The van der Waals surface area contributed by atoms with Crippen molar-refractivity contribution in [3.63, 3.8) is 0 Å². The minimum Gasteiger partial charge on any atom is -0.321 e. The second kappa shape index (κ2) is 6.02. The van der Waals surface area contributed by atoms with Gasteiger partial charge in [-0.2, -0.15) is 0 Å². The maximum atomic E-state index is 6.39. The molecule has 0 aliphatic heterocycles. The zero-order valence-electron chi connectivity index (χ0n) is 10.8. The molecule has 1 aromatic rings. The molecule has 0 amide bonds. The van der Waals surface area contributed by atoms with Crippen molar-refractivity contribution < 1.29 is 0 Å². The fraction of sp³-hybridized carbons (Fsp3) is 0.500. The smallest absolute Gasteiger partial charge is 0.0511 e. The summed E-state index contributed by atoms with van der Waals surface area (Å²) in [6, 6.07) is 8.70. The first-order chi connectivity index (χ1) is 8.27. The number of benzene rings is 1. The third-order valence-corrected chi connectivity index (χ3v) is 3.63. The molecule has 1 aromatic carbocycles. The van der Waals surface area contributed by atoms with Gasteiger partial charge in [0.05, 0.1) is 6.04 Å². The Labute approximate surface area is 105 Å². The Morgan fingerprint density at radius 1 is 1.12 bits per heavy atom. The largest absolute Gasteiger partial charge is 0.321 e. The van der Waals surface area contributed by atoms with Crippen LogP contribution in [0.5, 0.6) is 0 Å². The third-order valence-electron chi connectivity index (χ3n) is 3.63. The Kier molecular flexibility index (Phi) is 4.38. The molecule has 1 aliphatic rings. The number of allylic oxidation sites excluding steroid dienone is 1. The molecule has 1 aliphatic carbocycles. The molecule has 17 heavy (non-hydrogen) atoms. The minimum absolute atomic E-state index is 0.105. The average Bonchev–Trinajstić information content (AvgIpc) is 2.28. The standard InChI is InChI=1S/C16H23N/c1-13-8-7-11-15(12-13)16(17)14-9-5-3-2-4-6-10-14/h7-9,11-12,16H,2-6,10,17H2,1H3/b14-9+. The lowest BCUT2D eigenvalue weighted by Gasteiger charge is -2.19. The Bertz CT molecular complexity index is 392. The predicted octanol–water partition coefficient (Wildman–Crippen LogP) is 4.28. The number of nitrogens with two attached hydrogens (primary N) is 1. The van der Waals surface area contributed by atoms with Crippen LogP contribution in [0.25, 0.3) is 0 Å². The molecule has 0 aromatic heterocycles. The minimum atomic E-state index is 0.105. The van der Waals surface area contributed by atoms with Gasteiger partial charge in [0.25, 0.3) is 0 Å². The highest BCUT2D eigenvalue weighted by atomic mass is 14.6. The summed E-state index contributed by atoms with van der Waals surface area (Å²) >= 11 is 0. The number of hydrogen-bond acceptors (Lipinski definition) is 1. The second-order valence-corrected chi connectivity index (χ2v) is 5.12. The molecule has 0 spiro atoms. The van der Waals surface area contributed by atoms with Gasteiger partial charge in [0.1, 0.15) is 0 Å². The highest BCUT2D eigenvalue weighted by Crippen LogP contribution is 2.27. The molecule has 0 bridgehead atoms. The summed E-state index contributed by atoms with van der Waals surface area (Å²) < 4.78 is 0. The van der Waals surface area contributed by atoms with Crippen LogP contribution in [-0.4, -0.2) is 0 Å². The van der Waals surface area contributed by atoms with E-state index in [-0.39, 0.29) is 6.04 Å². The van der Waals surface area contributed by atoms with Crippen molar-refractivity contribution in [2.75, 3.05) is 0 Å². The van der Waals surface area contributed by atoms with Crippen molar-refractivity contribution in [1.29, 1.82) is 0 Å². The van der Waals surface area contributed by atoms with Crippen LogP contribution < -0.4 is 5.73 Å². The number of aryl methyl sites for hydroxylation is 1. The molecule has 1 heteroatoms. The van der Waals surface area contributed by atoms with Gasteiger partial charge in [0, 0.05) is 0 Å². The van der Waals surface area contributed by atoms with Gasteiger partial charge in [0.2, 0.25) is 0 Å². The monoisotopic (exact) mass is 229 g/mol. The molecule has 2 rings (SSSR count). The van der Waals surface area contributed by atoms with Crippen molar-refractivity contribution in [3.05, 3.63) is 47.0 Å². The first kappa shape index (κ1) is 12.4. The van der Waals surface area contributed by atoms with Crippen LogP contribution in [0.1, 0.15) is 55.7 Å². The van der Waals surface area contributed by atoms with Crippen LogP contribution in [0, 0.1) is 6.92 Å². The molecule has 0 radical (unpaired) electrons. The van der Waals surface area contributed by atoms with Crippen LogP contribution in [0.4, 0.5) is 0 Å². The van der Waals surface area contributed by atoms with Gasteiger partial charge in [-0.1, -0.05) is 54.3 Å². The summed E-state index contributed by atoms with van der Waals surface area (Å²) in [4.78, 5) is 0. The maximum absolute atomic E-state index is 6.39. The number of rotatable bonds is 2. The summed E-state index contributed by atoms with van der Waals surface area (Å²) in [6.45, 7) is 2.13. The highest BCUT2D eigenvalue weighted by molar-refractivity contribution is 5.31. The lowest BCUT2D eigenvalue weighted by Crippen LogP contribution is -2.14. The molecular formula is C16H23N. The van der Waals surface area contributed by atoms with Gasteiger partial charge in [-0.15, -0.1) is 0 Å². The van der Waals surface area contributed by atoms with Crippen molar-refractivity contribution in [2.45, 2.75) is 51.5 Å². The van der Waals surface area contributed by atoms with E-state index in [2.05, 4.69) is 37.3 Å². The normalized spacial score (nSPS) is 22.1. The van der Waals surface area contributed by atoms with Crippen molar-refractivity contribution in [1.82, 2.24) is 0 Å². The average molecular weight is 229 g/mol. The lowest BCUT2D eigenvalue weighted by molar-refractivity contribution is 0.602. The lowest BCUT2D eigenvalue weighted by atomic mass is 9.91. The van der Waals surface area contributed by atoms with Gasteiger partial charge in [-0.3, -0.25) is 0 Å². The molecule has 0 heterocycles. The second-order valence-electron chi connectivity index (χ2n) is 5.12. The fourth-order valence-electron chi connectivity index (χ4n) is 2.58. The zero-order chi connectivity index (χ0) is 12.1. The van der Waals surface area contributed by atoms with Crippen molar-refractivity contribution in [3.8, 4) is 0 Å². The van der Waals surface area contributed by atoms with Gasteiger partial charge < -0.3 is 5.73 Å². The molecule has 0 saturated carbocycles. The Morgan fingerprint density at radius 2 is 1.94 bits per heavy atom. The van der Waals surface area contributed by atoms with Gasteiger partial charge in [-0.05, 0) is 38.2 Å². The van der Waals surface area contributed by atoms with E-state index in [0.717, 1.165) is 0 Å². The van der Waals surface area contributed by atoms with E-state index in [1.54, 1.807) is 0 Å². The van der Waals surface area contributed by atoms with E-state index in [1.807, 2.05) is 0 Å². The summed E-state index contributed by atoms with van der Waals surface area (Å²) in [5.41, 5.74) is 10.4. The first-order valence-electron chi connectivity index (χ1n) is 6.78. The maximum Gasteiger partial charge on any atom is 0.0511 e. The molecule has 2 N–H and O–H groups in total. The van der Waals surface area contributed by atoms with E-state index < -0.39 is 0 Å². The molecule has 0 fully saturated rings. The molecular weight excluding hydrogens is 206 g/mol. The fourth-order valence-corrected chi connectivity index (χ4v) is 2.58. The summed E-state index contributed by atoms with van der Waals surface area (Å²) in [6.07, 6.45) is 10.1. The van der Waals surface area contributed by atoms with Crippen LogP contribution in [0.15, 0.2) is 35.9 Å². The molecule has 92 valence electrons. The van der Waals surface area contributed by atoms with Crippen LogP contribution in [0.3, 0.4) is 0 Å². The van der Waals surface area contributed by atoms with E-state index in [0.29, 0.717) is 0 Å². The Balaban J connectivity index is 2.14. The quantitative estimate of drug-likeness (QED) is 0.753. The van der Waals surface area contributed by atoms with Gasteiger partial charge in [-0.25, -0.2) is 0 Å². The van der Waals surface area contributed by atoms with E-state index in [4.69, 9.17) is 5.73 Å². The highest BCUT2D eigenvalue weighted by Gasteiger charge is 2.12. The van der Waals surface area contributed by atoms with Crippen molar-refractivity contribution >= 4 is 0 Å². The first-order valence-corrected chi connectivity index (χ1v) is 6.78. The summed E-state index contributed by atoms with van der Waals surface area (Å²) in [5, 5.41) is 0. The Morgan fingerprint density at radius 3 is 2.76 bits per heavy atom. The SMILES string of the molecule is Cc1cccc(C(N)/C2=C/CCCCCC2)c1. The predicted molar refractivity (Wildman–Crippen MR) is 73.9 cm³/mol. The molecule has 1 atom stereocenters. The van der Waals surface area contributed by atoms with Gasteiger partial charge >= 0.3 is 0 Å². The van der Waals surface area contributed by atoms with Gasteiger partial charge in [0.15, 0.2) is 0 Å². The Hall–Kier alpha value is -1.08. The topological polar surface area (TPSA) is 26.0 Å². The van der Waals surface area contributed by atoms with Crippen LogP contribution >= 0.6 is 0 Å². The molecule has 0 saturated heterocycles. The van der Waals surface area contributed by atoms with Crippen LogP contribution in [0.2, 0.25) is 0 Å².